The molecule has 64 valence electrons. The molecule has 0 spiro atoms. The third-order valence-electron chi connectivity index (χ3n) is 1.93. The molecule has 5 heteroatoms. The van der Waals surface area contributed by atoms with Gasteiger partial charge >= 0.3 is 5.96 Å². The number of H-pyrrole nitrogens is 1. The topological polar surface area (TPSA) is 93.8 Å². The first-order valence-electron chi connectivity index (χ1n) is 3.83. The van der Waals surface area contributed by atoms with Gasteiger partial charge in [-0.15, -0.1) is 0 Å². The Morgan fingerprint density at radius 1 is 1.42 bits per heavy atom. The molecule has 1 aromatic heterocycles. The van der Waals surface area contributed by atoms with E-state index >= 15 is 0 Å². The lowest BCUT2D eigenvalue weighted by Gasteiger charge is -2.02. The van der Waals surface area contributed by atoms with Gasteiger partial charge < -0.3 is 10.7 Å². The molecule has 1 aliphatic rings. The van der Waals surface area contributed by atoms with E-state index in [9.17, 15) is 0 Å². The molecule has 0 bridgehead atoms. The fourth-order valence-electron chi connectivity index (χ4n) is 1.32. The lowest BCUT2D eigenvalue weighted by atomic mass is 10.2. The minimum Gasteiger partial charge on any atom is -0.385 e. The van der Waals surface area contributed by atoms with Crippen molar-refractivity contribution in [2.75, 3.05) is 12.3 Å². The molecule has 1 atom stereocenters. The minimum absolute atomic E-state index is 0.210. The van der Waals surface area contributed by atoms with Crippen LogP contribution >= 0.6 is 0 Å². The number of aromatic amines is 1. The molecular weight excluding hydrogens is 154 g/mol. The van der Waals surface area contributed by atoms with Gasteiger partial charge in [0.1, 0.15) is 18.4 Å². The maximum Gasteiger partial charge on any atom is 0.341 e. The predicted octanol–water partition coefficient (Wildman–Crippen LogP) is -2.36. The van der Waals surface area contributed by atoms with Gasteiger partial charge in [0.25, 0.3) is 0 Å². The summed E-state index contributed by atoms with van der Waals surface area (Å²) < 4.78 is 0. The highest BCUT2D eigenvalue weighted by atomic mass is 15.2. The number of nitrogens with one attached hydrogen (secondary N) is 3. The van der Waals surface area contributed by atoms with E-state index in [2.05, 4.69) is 15.3 Å². The van der Waals surface area contributed by atoms with Crippen molar-refractivity contribution in [2.24, 2.45) is 5.73 Å². The standard InChI is InChI=1S/C7H11N5/c8-6-2-1-4(11-6)5-3-10-7(9)12-5/h1-2,5,11H,3,8H2,(H3,9,10,12)/p+1. The van der Waals surface area contributed by atoms with Crippen LogP contribution in [0.1, 0.15) is 11.7 Å². The van der Waals surface area contributed by atoms with Crippen LogP contribution in [0.2, 0.25) is 0 Å². The Labute approximate surface area is 69.9 Å². The number of aromatic nitrogens is 1. The van der Waals surface area contributed by atoms with Crippen LogP contribution in [0.25, 0.3) is 0 Å². The number of anilines is 1. The Kier molecular flexibility index (Phi) is 1.43. The minimum atomic E-state index is 0.210. The van der Waals surface area contributed by atoms with Gasteiger partial charge in [0.15, 0.2) is 0 Å². The Hall–Kier alpha value is -1.65. The van der Waals surface area contributed by atoms with E-state index in [0.717, 1.165) is 12.2 Å². The van der Waals surface area contributed by atoms with Gasteiger partial charge in [-0.2, -0.15) is 0 Å². The van der Waals surface area contributed by atoms with Crippen molar-refractivity contribution in [3.05, 3.63) is 17.8 Å². The quantitative estimate of drug-likeness (QED) is 0.323. The summed E-state index contributed by atoms with van der Waals surface area (Å²) in [5.74, 6) is 1.30. The highest BCUT2D eigenvalue weighted by Crippen LogP contribution is 2.12. The van der Waals surface area contributed by atoms with Crippen LogP contribution < -0.4 is 21.8 Å². The lowest BCUT2D eigenvalue weighted by Crippen LogP contribution is -2.73. The molecule has 0 amide bonds. The summed E-state index contributed by atoms with van der Waals surface area (Å²) in [6.45, 7) is 0.797. The zero-order chi connectivity index (χ0) is 8.55. The van der Waals surface area contributed by atoms with Crippen LogP contribution in [-0.2, 0) is 0 Å². The molecule has 0 radical (unpaired) electrons. The van der Waals surface area contributed by atoms with E-state index in [0.29, 0.717) is 11.8 Å². The molecule has 0 saturated carbocycles. The first-order valence-corrected chi connectivity index (χ1v) is 3.83. The lowest BCUT2D eigenvalue weighted by molar-refractivity contribution is -0.450. The van der Waals surface area contributed by atoms with Gasteiger partial charge in [-0.25, -0.2) is 0 Å². The van der Waals surface area contributed by atoms with Crippen molar-refractivity contribution in [2.45, 2.75) is 6.04 Å². The second kappa shape index (κ2) is 2.44. The van der Waals surface area contributed by atoms with Gasteiger partial charge in [0.2, 0.25) is 0 Å². The predicted molar refractivity (Wildman–Crippen MR) is 46.1 cm³/mol. The van der Waals surface area contributed by atoms with Crippen molar-refractivity contribution in [3.63, 3.8) is 0 Å². The van der Waals surface area contributed by atoms with E-state index in [1.807, 2.05) is 12.1 Å². The maximum absolute atomic E-state index is 5.54. The first kappa shape index (κ1) is 7.02. The van der Waals surface area contributed by atoms with Gasteiger partial charge in [-0.05, 0) is 12.1 Å². The summed E-state index contributed by atoms with van der Waals surface area (Å²) in [5.41, 5.74) is 12.1. The number of hydrogen-bond donors (Lipinski definition) is 5. The van der Waals surface area contributed by atoms with Gasteiger partial charge in [0, 0.05) is 0 Å². The van der Waals surface area contributed by atoms with E-state index in [1.165, 1.54) is 0 Å². The van der Waals surface area contributed by atoms with Gasteiger partial charge in [0.05, 0.1) is 5.69 Å². The second-order valence-electron chi connectivity index (χ2n) is 2.86. The van der Waals surface area contributed by atoms with Gasteiger partial charge in [-0.3, -0.25) is 16.0 Å². The Bertz CT molecular complexity index is 313. The van der Waals surface area contributed by atoms with E-state index in [-0.39, 0.29) is 6.04 Å². The maximum atomic E-state index is 5.54. The van der Waals surface area contributed by atoms with Crippen molar-refractivity contribution in [3.8, 4) is 0 Å². The number of hydrogen-bond acceptors (Lipinski definition) is 3. The number of nitrogen functional groups attached to an aromatic ring is 1. The summed E-state index contributed by atoms with van der Waals surface area (Å²) in [4.78, 5) is 6.04. The summed E-state index contributed by atoms with van der Waals surface area (Å²) >= 11 is 0. The van der Waals surface area contributed by atoms with Crippen LogP contribution in [0.3, 0.4) is 0 Å². The summed E-state index contributed by atoms with van der Waals surface area (Å²) in [6.07, 6.45) is 0. The number of guanidine groups is 1. The van der Waals surface area contributed by atoms with Crippen molar-refractivity contribution in [1.82, 2.24) is 10.3 Å². The molecule has 5 nitrogen and oxygen atoms in total. The van der Waals surface area contributed by atoms with Crippen LogP contribution in [0.4, 0.5) is 5.82 Å². The summed E-state index contributed by atoms with van der Waals surface area (Å²) in [7, 11) is 0. The molecule has 0 fully saturated rings. The fraction of sp³-hybridized carbons (Fsp3) is 0.286. The van der Waals surface area contributed by atoms with Crippen molar-refractivity contribution < 1.29 is 4.99 Å². The third-order valence-corrected chi connectivity index (χ3v) is 1.93. The summed E-state index contributed by atoms with van der Waals surface area (Å²) in [5, 5.41) is 3.08. The molecule has 2 heterocycles. The Balaban J connectivity index is 2.13. The average molecular weight is 166 g/mol. The molecule has 7 N–H and O–H groups in total. The molecule has 0 aliphatic carbocycles. The second-order valence-corrected chi connectivity index (χ2v) is 2.86. The fourth-order valence-corrected chi connectivity index (χ4v) is 1.32. The number of rotatable bonds is 1. The van der Waals surface area contributed by atoms with Crippen LogP contribution in [-0.4, -0.2) is 17.5 Å². The molecule has 0 saturated heterocycles. The van der Waals surface area contributed by atoms with Crippen LogP contribution in [0.15, 0.2) is 12.1 Å². The SMILES string of the molecule is NC1=[NH+]CC(c2ccc(N)[nH]2)N1. The largest absolute Gasteiger partial charge is 0.385 e. The monoisotopic (exact) mass is 166 g/mol. The van der Waals surface area contributed by atoms with Gasteiger partial charge in [-0.1, -0.05) is 0 Å². The smallest absolute Gasteiger partial charge is 0.341 e. The summed E-state index contributed by atoms with van der Waals surface area (Å²) in [6, 6.07) is 4.00. The normalized spacial score (nSPS) is 22.0. The molecule has 1 aliphatic heterocycles. The molecule has 2 rings (SSSR count). The van der Waals surface area contributed by atoms with E-state index in [1.54, 1.807) is 0 Å². The molecule has 1 unspecified atom stereocenters. The zero-order valence-electron chi connectivity index (χ0n) is 6.59. The number of nitrogens with two attached hydrogens (primary N) is 2. The average Bonchev–Trinajstić information content (AvgIpc) is 2.58. The third kappa shape index (κ3) is 1.09. The van der Waals surface area contributed by atoms with E-state index in [4.69, 9.17) is 11.5 Å². The molecular formula is C7H12N5+. The highest BCUT2D eigenvalue weighted by molar-refractivity contribution is 5.73. The van der Waals surface area contributed by atoms with Crippen LogP contribution in [0, 0.1) is 0 Å². The van der Waals surface area contributed by atoms with E-state index < -0.39 is 0 Å². The Morgan fingerprint density at radius 3 is 2.75 bits per heavy atom. The molecule has 12 heavy (non-hydrogen) atoms. The van der Waals surface area contributed by atoms with Crippen LogP contribution in [0.5, 0.6) is 0 Å². The van der Waals surface area contributed by atoms with Crippen molar-refractivity contribution in [1.29, 1.82) is 0 Å². The molecule has 1 aromatic rings. The first-order chi connectivity index (χ1) is 5.75. The Morgan fingerprint density at radius 2 is 2.25 bits per heavy atom. The molecule has 0 aromatic carbocycles. The van der Waals surface area contributed by atoms with Crippen molar-refractivity contribution >= 4 is 11.8 Å². The zero-order valence-corrected chi connectivity index (χ0v) is 6.59. The highest BCUT2D eigenvalue weighted by Gasteiger charge is 2.22.